The van der Waals surface area contributed by atoms with Gasteiger partial charge >= 0.3 is 6.16 Å². The Kier molecular flexibility index (Phi) is 7.62. The molecule has 4 aliphatic rings. The minimum Gasteiger partial charge on any atom is -0.438 e. The number of fused-ring (bicyclic) bond motifs is 5. The Morgan fingerprint density at radius 3 is 2.13 bits per heavy atom. The maximum Gasteiger partial charge on any atom is 0.508 e. The van der Waals surface area contributed by atoms with Gasteiger partial charge in [-0.2, -0.15) is 0 Å². The van der Waals surface area contributed by atoms with Gasteiger partial charge in [0.15, 0.2) is 0 Å². The van der Waals surface area contributed by atoms with Crippen LogP contribution in [-0.2, 0) is 9.47 Å². The van der Waals surface area contributed by atoms with Crippen molar-refractivity contribution in [3.63, 3.8) is 0 Å². The monoisotopic (exact) mass is 536 g/mol. The molecular formula is C32H56O6. The van der Waals surface area contributed by atoms with Gasteiger partial charge in [-0.25, -0.2) is 4.79 Å². The van der Waals surface area contributed by atoms with Gasteiger partial charge < -0.3 is 24.8 Å². The minimum absolute atomic E-state index is 0.0439. The molecular weight excluding hydrogens is 480 g/mol. The predicted octanol–water partition coefficient (Wildman–Crippen LogP) is 6.49. The van der Waals surface area contributed by atoms with Crippen LogP contribution in [0.1, 0.15) is 120 Å². The molecule has 4 rings (SSSR count). The fourth-order valence-electron chi connectivity index (χ4n) is 10.9. The zero-order valence-electron chi connectivity index (χ0n) is 25.6. The molecule has 0 aromatic heterocycles. The molecule has 4 aliphatic carbocycles. The van der Waals surface area contributed by atoms with Gasteiger partial charge in [-0.05, 0) is 125 Å². The standard InChI is InChI=1S/C32H56O6/c1-27(2,35)14-10-15-32(8,36)20-11-17-31(7)25(20)21(33)19-23-29(5)16-13-24(38-26(34)37-9)28(3,4)22(29)12-18-30(23,31)6/h20-25,33,35-36H,10-19H2,1-9H3/t20-,21+,22-,23+,24-,25-,29-,30+,31+,32+/m0/s1. The number of methoxy groups -OCH3 is 1. The maximum absolute atomic E-state index is 12.0. The second kappa shape index (κ2) is 9.62. The lowest BCUT2D eigenvalue weighted by Gasteiger charge is -2.70. The smallest absolute Gasteiger partial charge is 0.438 e. The van der Waals surface area contributed by atoms with Crippen molar-refractivity contribution in [2.75, 3.05) is 7.11 Å². The molecule has 6 heteroatoms. The summed E-state index contributed by atoms with van der Waals surface area (Å²) in [6, 6.07) is 0. The third kappa shape index (κ3) is 4.62. The Morgan fingerprint density at radius 1 is 0.895 bits per heavy atom. The summed E-state index contributed by atoms with van der Waals surface area (Å²) in [5, 5.41) is 33.8. The van der Waals surface area contributed by atoms with Gasteiger partial charge in [0.25, 0.3) is 0 Å². The van der Waals surface area contributed by atoms with E-state index in [2.05, 4.69) is 34.6 Å². The molecule has 0 saturated heterocycles. The first-order chi connectivity index (χ1) is 17.3. The van der Waals surface area contributed by atoms with E-state index in [4.69, 9.17) is 9.47 Å². The van der Waals surface area contributed by atoms with Gasteiger partial charge in [-0.15, -0.1) is 0 Å². The molecule has 0 heterocycles. The van der Waals surface area contributed by atoms with Crippen molar-refractivity contribution in [2.24, 2.45) is 45.3 Å². The topological polar surface area (TPSA) is 96.2 Å². The molecule has 0 aromatic rings. The summed E-state index contributed by atoms with van der Waals surface area (Å²) in [6.07, 6.45) is 7.62. The highest BCUT2D eigenvalue weighted by atomic mass is 16.7. The highest BCUT2D eigenvalue weighted by molar-refractivity contribution is 5.60. The largest absolute Gasteiger partial charge is 0.508 e. The van der Waals surface area contributed by atoms with Crippen LogP contribution in [0, 0.1) is 45.3 Å². The molecule has 3 N–H and O–H groups in total. The van der Waals surface area contributed by atoms with Crippen LogP contribution in [0.25, 0.3) is 0 Å². The average Bonchev–Trinajstić information content (AvgIpc) is 3.17. The number of aliphatic hydroxyl groups is 3. The first-order valence-electron chi connectivity index (χ1n) is 15.2. The van der Waals surface area contributed by atoms with Gasteiger partial charge in [0.2, 0.25) is 0 Å². The first kappa shape index (κ1) is 30.1. The van der Waals surface area contributed by atoms with E-state index in [0.29, 0.717) is 24.7 Å². The van der Waals surface area contributed by atoms with Crippen molar-refractivity contribution in [3.8, 4) is 0 Å². The Labute approximate surface area is 231 Å². The van der Waals surface area contributed by atoms with Crippen molar-refractivity contribution >= 4 is 6.16 Å². The highest BCUT2D eigenvalue weighted by Gasteiger charge is 2.71. The lowest BCUT2D eigenvalue weighted by Crippen LogP contribution is -2.66. The van der Waals surface area contributed by atoms with E-state index in [1.165, 1.54) is 7.11 Å². The van der Waals surface area contributed by atoms with Crippen LogP contribution in [0.15, 0.2) is 0 Å². The Morgan fingerprint density at radius 2 is 1.53 bits per heavy atom. The van der Waals surface area contributed by atoms with Gasteiger partial charge in [-0.1, -0.05) is 34.6 Å². The Balaban J connectivity index is 1.60. The average molecular weight is 537 g/mol. The van der Waals surface area contributed by atoms with Crippen LogP contribution in [0.5, 0.6) is 0 Å². The van der Waals surface area contributed by atoms with Crippen molar-refractivity contribution in [2.45, 2.75) is 143 Å². The number of ether oxygens (including phenoxy) is 2. The number of hydrogen-bond donors (Lipinski definition) is 3. The Hall–Kier alpha value is -0.850. The Bertz CT molecular complexity index is 891. The van der Waals surface area contributed by atoms with Crippen LogP contribution >= 0.6 is 0 Å². The third-order valence-corrected chi connectivity index (χ3v) is 13.0. The molecule has 220 valence electrons. The number of rotatable bonds is 6. The summed E-state index contributed by atoms with van der Waals surface area (Å²) < 4.78 is 10.6. The third-order valence-electron chi connectivity index (χ3n) is 13.0. The molecule has 0 radical (unpaired) electrons. The summed E-state index contributed by atoms with van der Waals surface area (Å²) in [4.78, 5) is 12.0. The highest BCUT2D eigenvalue weighted by Crippen LogP contribution is 2.75. The van der Waals surface area contributed by atoms with Gasteiger partial charge in [0, 0.05) is 5.41 Å². The van der Waals surface area contributed by atoms with Crippen molar-refractivity contribution in [3.05, 3.63) is 0 Å². The van der Waals surface area contributed by atoms with Crippen molar-refractivity contribution in [1.29, 1.82) is 0 Å². The number of carbonyl (C=O) groups excluding carboxylic acids is 1. The molecule has 0 spiro atoms. The molecule has 10 atom stereocenters. The molecule has 0 unspecified atom stereocenters. The molecule has 4 saturated carbocycles. The molecule has 0 aliphatic heterocycles. The number of hydrogen-bond acceptors (Lipinski definition) is 6. The lowest BCUT2D eigenvalue weighted by atomic mass is 9.35. The number of aliphatic hydroxyl groups excluding tert-OH is 1. The van der Waals surface area contributed by atoms with E-state index in [1.807, 2.05) is 20.8 Å². The summed E-state index contributed by atoms with van der Waals surface area (Å²) in [6.45, 7) is 17.5. The summed E-state index contributed by atoms with van der Waals surface area (Å²) in [5.41, 5.74) is -1.68. The summed E-state index contributed by atoms with van der Waals surface area (Å²) >= 11 is 0. The quantitative estimate of drug-likeness (QED) is 0.336. The lowest BCUT2D eigenvalue weighted by molar-refractivity contribution is -0.247. The van der Waals surface area contributed by atoms with Crippen LogP contribution in [0.4, 0.5) is 4.79 Å². The molecule has 4 fully saturated rings. The van der Waals surface area contributed by atoms with Crippen LogP contribution < -0.4 is 0 Å². The van der Waals surface area contributed by atoms with Crippen LogP contribution in [0.2, 0.25) is 0 Å². The normalized spacial score (nSPS) is 45.8. The van der Waals surface area contributed by atoms with E-state index in [-0.39, 0.29) is 39.6 Å². The zero-order chi connectivity index (χ0) is 28.5. The van der Waals surface area contributed by atoms with E-state index < -0.39 is 23.5 Å². The molecule has 6 nitrogen and oxygen atoms in total. The second-order valence-corrected chi connectivity index (χ2v) is 15.9. The van der Waals surface area contributed by atoms with Crippen molar-refractivity contribution < 1.29 is 29.6 Å². The van der Waals surface area contributed by atoms with E-state index in [0.717, 1.165) is 51.4 Å². The number of carbonyl (C=O) groups is 1. The van der Waals surface area contributed by atoms with Gasteiger partial charge in [0.1, 0.15) is 6.10 Å². The SMILES string of the molecule is COC(=O)O[C@H]1CC[C@]2(C)[C@H]3C[C@@H](O)[C@@H]4[C@@H]([C@](C)(O)CCCC(C)(C)O)CC[C@@]4(C)[C@]3(C)CC[C@H]2C1(C)C. The van der Waals surface area contributed by atoms with Crippen LogP contribution in [-0.4, -0.2) is 52.0 Å². The van der Waals surface area contributed by atoms with E-state index >= 15 is 0 Å². The summed E-state index contributed by atoms with van der Waals surface area (Å²) in [7, 11) is 1.37. The fourth-order valence-corrected chi connectivity index (χ4v) is 10.9. The van der Waals surface area contributed by atoms with Crippen molar-refractivity contribution in [1.82, 2.24) is 0 Å². The van der Waals surface area contributed by atoms with Gasteiger partial charge in [-0.3, -0.25) is 0 Å². The first-order valence-corrected chi connectivity index (χ1v) is 15.2. The van der Waals surface area contributed by atoms with E-state index in [9.17, 15) is 20.1 Å². The second-order valence-electron chi connectivity index (χ2n) is 15.9. The predicted molar refractivity (Wildman–Crippen MR) is 148 cm³/mol. The van der Waals surface area contributed by atoms with Gasteiger partial charge in [0.05, 0.1) is 24.4 Å². The molecule has 38 heavy (non-hydrogen) atoms. The summed E-state index contributed by atoms with van der Waals surface area (Å²) in [5.74, 6) is 0.912. The minimum atomic E-state index is -0.857. The molecule has 0 amide bonds. The van der Waals surface area contributed by atoms with E-state index in [1.54, 1.807) is 0 Å². The zero-order valence-corrected chi connectivity index (χ0v) is 25.6. The molecule has 0 aromatic carbocycles. The fraction of sp³-hybridized carbons (Fsp3) is 0.969. The maximum atomic E-state index is 12.0. The van der Waals surface area contributed by atoms with Crippen LogP contribution in [0.3, 0.4) is 0 Å². The molecule has 0 bridgehead atoms.